The van der Waals surface area contributed by atoms with Gasteiger partial charge in [0.2, 0.25) is 0 Å². The second-order valence-electron chi connectivity index (χ2n) is 7.63. The molecule has 0 atom stereocenters. The van der Waals surface area contributed by atoms with Gasteiger partial charge in [-0.2, -0.15) is 5.26 Å². The Bertz CT molecular complexity index is 1150. The number of nitrogens with one attached hydrogen (secondary N) is 1. The lowest BCUT2D eigenvalue weighted by Crippen LogP contribution is -2.50. The molecule has 31 heavy (non-hydrogen) atoms. The molecule has 1 fully saturated rings. The van der Waals surface area contributed by atoms with Crippen LogP contribution < -0.4 is 10.2 Å². The van der Waals surface area contributed by atoms with E-state index in [0.717, 1.165) is 23.7 Å². The number of benzene rings is 2. The second kappa shape index (κ2) is 9.27. The van der Waals surface area contributed by atoms with E-state index in [4.69, 9.17) is 17.2 Å². The maximum absolute atomic E-state index is 13.9. The highest BCUT2D eigenvalue weighted by Crippen LogP contribution is 2.25. The molecule has 7 heteroatoms. The van der Waals surface area contributed by atoms with Crippen molar-refractivity contribution in [2.75, 3.05) is 36.4 Å². The number of hydrogen-bond donors (Lipinski definition) is 1. The lowest BCUT2D eigenvalue weighted by Gasteiger charge is -2.37. The number of pyridine rings is 1. The zero-order chi connectivity index (χ0) is 21.8. The number of piperazine rings is 1. The van der Waals surface area contributed by atoms with Crippen LogP contribution in [0.1, 0.15) is 24.5 Å². The van der Waals surface area contributed by atoms with Gasteiger partial charge in [0.25, 0.3) is 0 Å². The summed E-state index contributed by atoms with van der Waals surface area (Å²) in [5.41, 5.74) is 3.12. The van der Waals surface area contributed by atoms with Gasteiger partial charge in [0, 0.05) is 31.6 Å². The van der Waals surface area contributed by atoms with Crippen molar-refractivity contribution in [3.05, 3.63) is 65.5 Å². The minimum absolute atomic E-state index is 0.329. The fourth-order valence-corrected chi connectivity index (χ4v) is 4.15. The van der Waals surface area contributed by atoms with Crippen LogP contribution in [0, 0.1) is 17.1 Å². The summed E-state index contributed by atoms with van der Waals surface area (Å²) in [7, 11) is 0. The van der Waals surface area contributed by atoms with Gasteiger partial charge in [-0.25, -0.2) is 9.37 Å². The Balaban J connectivity index is 1.48. The molecule has 0 aliphatic carbocycles. The molecule has 158 valence electrons. The number of aromatic nitrogens is 1. The zero-order valence-electron chi connectivity index (χ0n) is 17.4. The Morgan fingerprint density at radius 1 is 1.16 bits per heavy atom. The molecule has 0 saturated carbocycles. The molecular formula is C24H24FN5S. The van der Waals surface area contributed by atoms with Crippen LogP contribution >= 0.6 is 12.2 Å². The fraction of sp³-hybridized carbons (Fsp3) is 0.292. The van der Waals surface area contributed by atoms with Crippen LogP contribution in [0.3, 0.4) is 0 Å². The minimum Gasteiger partial charge on any atom is -0.352 e. The second-order valence-corrected chi connectivity index (χ2v) is 8.02. The van der Waals surface area contributed by atoms with E-state index in [-0.39, 0.29) is 5.82 Å². The number of hydrogen-bond acceptors (Lipinski definition) is 4. The molecule has 5 nitrogen and oxygen atoms in total. The fourth-order valence-electron chi connectivity index (χ4n) is 3.86. The van der Waals surface area contributed by atoms with Crippen molar-refractivity contribution >= 4 is 39.7 Å². The number of para-hydroxylation sites is 1. The van der Waals surface area contributed by atoms with Gasteiger partial charge in [-0.15, -0.1) is 0 Å². The van der Waals surface area contributed by atoms with E-state index < -0.39 is 0 Å². The van der Waals surface area contributed by atoms with E-state index in [0.29, 0.717) is 48.4 Å². The average Bonchev–Trinajstić information content (AvgIpc) is 2.80. The summed E-state index contributed by atoms with van der Waals surface area (Å²) in [6.45, 7) is 4.85. The number of aryl methyl sites for hydroxylation is 1. The lowest BCUT2D eigenvalue weighted by molar-refractivity contribution is 0.389. The molecule has 0 spiro atoms. The molecule has 1 N–H and O–H groups in total. The molecular weight excluding hydrogens is 409 g/mol. The first-order valence-corrected chi connectivity index (χ1v) is 10.9. The minimum atomic E-state index is -0.329. The van der Waals surface area contributed by atoms with E-state index >= 15 is 0 Å². The van der Waals surface area contributed by atoms with E-state index in [9.17, 15) is 9.65 Å². The van der Waals surface area contributed by atoms with Crippen LogP contribution in [0.5, 0.6) is 0 Å². The summed E-state index contributed by atoms with van der Waals surface area (Å²) in [6.07, 6.45) is 2.10. The van der Waals surface area contributed by atoms with Gasteiger partial charge in [-0.1, -0.05) is 31.5 Å². The van der Waals surface area contributed by atoms with Gasteiger partial charge < -0.3 is 15.1 Å². The van der Waals surface area contributed by atoms with Crippen molar-refractivity contribution in [1.82, 2.24) is 9.88 Å². The molecule has 0 radical (unpaired) electrons. The molecule has 4 rings (SSSR count). The first-order chi connectivity index (χ1) is 15.1. The van der Waals surface area contributed by atoms with Gasteiger partial charge in [-0.05, 0) is 54.5 Å². The number of anilines is 2. The molecule has 1 aliphatic heterocycles. The largest absolute Gasteiger partial charge is 0.352 e. The third-order valence-electron chi connectivity index (χ3n) is 5.50. The number of rotatable bonds is 4. The standard InChI is InChI=1S/C24H24FN5S/c1-2-5-17-8-9-21-18(14-17)15-19(16-26)23(27-21)29-10-12-30(13-11-29)24(31)28-22-7-4-3-6-20(22)25/h3-4,6-9,14-15H,2,5,10-13H2,1H3,(H,28,31). The SMILES string of the molecule is CCCc1ccc2nc(N3CCN(C(=S)Nc4ccccc4F)CC3)c(C#N)cc2c1. The molecule has 0 amide bonds. The van der Waals surface area contributed by atoms with E-state index in [2.05, 4.69) is 35.3 Å². The Morgan fingerprint density at radius 2 is 1.94 bits per heavy atom. The van der Waals surface area contributed by atoms with Crippen molar-refractivity contribution in [3.63, 3.8) is 0 Å². The first kappa shape index (κ1) is 21.0. The number of fused-ring (bicyclic) bond motifs is 1. The summed E-state index contributed by atoms with van der Waals surface area (Å²) in [5, 5.41) is 14.2. The van der Waals surface area contributed by atoms with Gasteiger partial charge in [0.1, 0.15) is 17.7 Å². The monoisotopic (exact) mass is 433 g/mol. The van der Waals surface area contributed by atoms with Crippen LogP contribution in [-0.4, -0.2) is 41.2 Å². The number of nitrogens with zero attached hydrogens (tertiary/aromatic N) is 4. The number of thiocarbonyl (C=S) groups is 1. The van der Waals surface area contributed by atoms with Crippen LogP contribution in [0.25, 0.3) is 10.9 Å². The van der Waals surface area contributed by atoms with Crippen LogP contribution in [0.15, 0.2) is 48.5 Å². The average molecular weight is 434 g/mol. The summed E-state index contributed by atoms with van der Waals surface area (Å²) >= 11 is 5.48. The Hall–Kier alpha value is -3.24. The first-order valence-electron chi connectivity index (χ1n) is 10.5. The van der Waals surface area contributed by atoms with Crippen LogP contribution in [0.2, 0.25) is 0 Å². The summed E-state index contributed by atoms with van der Waals surface area (Å²) in [4.78, 5) is 8.95. The molecule has 2 heterocycles. The highest BCUT2D eigenvalue weighted by Gasteiger charge is 2.23. The number of nitriles is 1. The summed E-state index contributed by atoms with van der Waals surface area (Å²) in [5.74, 6) is 0.385. The van der Waals surface area contributed by atoms with Crippen molar-refractivity contribution in [3.8, 4) is 6.07 Å². The third kappa shape index (κ3) is 4.59. The van der Waals surface area contributed by atoms with Crippen molar-refractivity contribution in [2.45, 2.75) is 19.8 Å². The maximum atomic E-state index is 13.9. The quantitative estimate of drug-likeness (QED) is 0.601. The van der Waals surface area contributed by atoms with E-state index in [1.165, 1.54) is 11.6 Å². The van der Waals surface area contributed by atoms with E-state index in [1.807, 2.05) is 17.0 Å². The van der Waals surface area contributed by atoms with Crippen molar-refractivity contribution in [2.24, 2.45) is 0 Å². The topological polar surface area (TPSA) is 55.2 Å². The third-order valence-corrected chi connectivity index (χ3v) is 5.86. The molecule has 1 aliphatic rings. The highest BCUT2D eigenvalue weighted by atomic mass is 32.1. The zero-order valence-corrected chi connectivity index (χ0v) is 18.3. The Labute approximate surface area is 187 Å². The predicted molar refractivity (Wildman–Crippen MR) is 127 cm³/mol. The van der Waals surface area contributed by atoms with E-state index in [1.54, 1.807) is 18.2 Å². The number of halogens is 1. The molecule has 1 aromatic heterocycles. The van der Waals surface area contributed by atoms with Gasteiger partial charge in [0.05, 0.1) is 16.8 Å². The van der Waals surface area contributed by atoms with Gasteiger partial charge >= 0.3 is 0 Å². The Kier molecular flexibility index (Phi) is 6.28. The smallest absolute Gasteiger partial charge is 0.173 e. The highest BCUT2D eigenvalue weighted by molar-refractivity contribution is 7.80. The predicted octanol–water partition coefficient (Wildman–Crippen LogP) is 4.72. The lowest BCUT2D eigenvalue weighted by atomic mass is 10.1. The van der Waals surface area contributed by atoms with Crippen LogP contribution in [-0.2, 0) is 6.42 Å². The molecule has 3 aromatic rings. The maximum Gasteiger partial charge on any atom is 0.173 e. The van der Waals surface area contributed by atoms with Crippen molar-refractivity contribution < 1.29 is 4.39 Å². The molecule has 2 aromatic carbocycles. The normalized spacial score (nSPS) is 13.8. The summed E-state index contributed by atoms with van der Waals surface area (Å²) < 4.78 is 13.9. The van der Waals surface area contributed by atoms with Crippen LogP contribution in [0.4, 0.5) is 15.9 Å². The van der Waals surface area contributed by atoms with Gasteiger partial charge in [0.15, 0.2) is 5.11 Å². The molecule has 0 bridgehead atoms. The van der Waals surface area contributed by atoms with Crippen molar-refractivity contribution in [1.29, 1.82) is 5.26 Å². The van der Waals surface area contributed by atoms with Gasteiger partial charge in [-0.3, -0.25) is 0 Å². The summed E-state index contributed by atoms with van der Waals surface area (Å²) in [6, 6.07) is 17.0. The molecule has 1 saturated heterocycles. The Morgan fingerprint density at radius 3 is 2.65 bits per heavy atom. The molecule has 0 unspecified atom stereocenters.